The molecule has 21 heavy (non-hydrogen) atoms. The second kappa shape index (κ2) is 7.33. The molecule has 0 bridgehead atoms. The van der Waals surface area contributed by atoms with E-state index in [-0.39, 0.29) is 0 Å². The Bertz CT molecular complexity index is 668. The van der Waals surface area contributed by atoms with Crippen molar-refractivity contribution in [2.75, 3.05) is 5.75 Å². The molecule has 106 valence electrons. The van der Waals surface area contributed by atoms with Crippen LogP contribution >= 0.6 is 23.5 Å². The Labute approximate surface area is 132 Å². The summed E-state index contributed by atoms with van der Waals surface area (Å²) in [6.07, 6.45) is 5.85. The highest BCUT2D eigenvalue weighted by atomic mass is 32.2. The monoisotopic (exact) mass is 313 g/mol. The van der Waals surface area contributed by atoms with Gasteiger partial charge in [0.1, 0.15) is 10.7 Å². The highest BCUT2D eigenvalue weighted by Crippen LogP contribution is 2.29. The fraction of sp³-hybridized carbons (Fsp3) is 0.188. The van der Waals surface area contributed by atoms with Crippen molar-refractivity contribution in [1.82, 2.24) is 13.7 Å². The molecule has 1 aromatic carbocycles. The second-order valence-corrected chi connectivity index (χ2v) is 6.21. The van der Waals surface area contributed by atoms with Crippen LogP contribution < -0.4 is 0 Å². The smallest absolute Gasteiger partial charge is 0.138 e. The van der Waals surface area contributed by atoms with Gasteiger partial charge in [0.05, 0.1) is 11.7 Å². The molecule has 0 saturated carbocycles. The molecule has 3 aromatic rings. The molecule has 5 heteroatoms. The van der Waals surface area contributed by atoms with Crippen molar-refractivity contribution in [3.8, 4) is 11.3 Å². The fourth-order valence-electron chi connectivity index (χ4n) is 2.04. The molecule has 0 N–H and O–H groups in total. The van der Waals surface area contributed by atoms with Crippen molar-refractivity contribution < 1.29 is 0 Å². The molecule has 3 nitrogen and oxygen atoms in total. The van der Waals surface area contributed by atoms with E-state index in [9.17, 15) is 0 Å². The summed E-state index contributed by atoms with van der Waals surface area (Å²) in [5.74, 6) is 1.05. The topological polar surface area (TPSA) is 38.7 Å². The average Bonchev–Trinajstić information content (AvgIpc) is 3.02. The second-order valence-electron chi connectivity index (χ2n) is 4.60. The van der Waals surface area contributed by atoms with Crippen LogP contribution in [0.3, 0.4) is 0 Å². The Morgan fingerprint density at radius 2 is 1.90 bits per heavy atom. The summed E-state index contributed by atoms with van der Waals surface area (Å²) in [6.45, 7) is 0. The van der Waals surface area contributed by atoms with Crippen LogP contribution in [0.4, 0.5) is 0 Å². The van der Waals surface area contributed by atoms with Crippen LogP contribution in [-0.2, 0) is 6.42 Å². The van der Waals surface area contributed by atoms with E-state index >= 15 is 0 Å². The first kappa shape index (κ1) is 14.2. The van der Waals surface area contributed by atoms with Crippen molar-refractivity contribution in [2.24, 2.45) is 0 Å². The summed E-state index contributed by atoms with van der Waals surface area (Å²) in [5, 5.41) is 1.01. The normalized spacial score (nSPS) is 10.7. The number of hydrogen-bond acceptors (Lipinski definition) is 5. The minimum Gasteiger partial charge on any atom is -0.264 e. The van der Waals surface area contributed by atoms with Crippen LogP contribution in [0.25, 0.3) is 11.3 Å². The van der Waals surface area contributed by atoms with Crippen molar-refractivity contribution >= 4 is 23.5 Å². The number of pyridine rings is 1. The van der Waals surface area contributed by atoms with E-state index in [4.69, 9.17) is 0 Å². The van der Waals surface area contributed by atoms with E-state index in [1.54, 1.807) is 18.0 Å². The summed E-state index contributed by atoms with van der Waals surface area (Å²) in [5.41, 5.74) is 3.39. The average molecular weight is 313 g/mol. The van der Waals surface area contributed by atoms with Gasteiger partial charge in [0.25, 0.3) is 0 Å². The third kappa shape index (κ3) is 3.89. The Morgan fingerprint density at radius 1 is 1.00 bits per heavy atom. The first-order valence-electron chi connectivity index (χ1n) is 6.83. The molecule has 0 unspecified atom stereocenters. The maximum absolute atomic E-state index is 4.40. The van der Waals surface area contributed by atoms with Crippen LogP contribution in [0.1, 0.15) is 12.0 Å². The SMILES string of the molecule is c1ccc(CCCSc2nsnc2-c2cccnc2)cc1. The van der Waals surface area contributed by atoms with E-state index in [1.165, 1.54) is 17.3 Å². The number of nitrogens with zero attached hydrogens (tertiary/aromatic N) is 3. The molecular weight excluding hydrogens is 298 g/mol. The Morgan fingerprint density at radius 3 is 2.71 bits per heavy atom. The molecule has 0 amide bonds. The predicted octanol–water partition coefficient (Wildman–Crippen LogP) is 4.33. The highest BCUT2D eigenvalue weighted by molar-refractivity contribution is 7.99. The third-order valence-electron chi connectivity index (χ3n) is 3.08. The van der Waals surface area contributed by atoms with Crippen LogP contribution in [0.15, 0.2) is 59.9 Å². The van der Waals surface area contributed by atoms with Crippen LogP contribution in [0, 0.1) is 0 Å². The maximum Gasteiger partial charge on any atom is 0.138 e. The zero-order valence-corrected chi connectivity index (χ0v) is 13.1. The lowest BCUT2D eigenvalue weighted by Crippen LogP contribution is -1.88. The molecule has 3 rings (SSSR count). The molecule has 0 radical (unpaired) electrons. The lowest BCUT2D eigenvalue weighted by atomic mass is 10.1. The molecule has 0 spiro atoms. The Hall–Kier alpha value is -1.72. The van der Waals surface area contributed by atoms with Crippen molar-refractivity contribution in [3.05, 3.63) is 60.4 Å². The first-order chi connectivity index (χ1) is 10.4. The van der Waals surface area contributed by atoms with Crippen LogP contribution in [0.2, 0.25) is 0 Å². The van der Waals surface area contributed by atoms with E-state index in [1.807, 2.05) is 18.3 Å². The van der Waals surface area contributed by atoms with Gasteiger partial charge >= 0.3 is 0 Å². The molecule has 2 aromatic heterocycles. The number of rotatable bonds is 6. The molecule has 0 aliphatic heterocycles. The number of aryl methyl sites for hydroxylation is 1. The summed E-state index contributed by atoms with van der Waals surface area (Å²) < 4.78 is 8.80. The predicted molar refractivity (Wildman–Crippen MR) is 88.6 cm³/mol. The molecule has 2 heterocycles. The van der Waals surface area contributed by atoms with Crippen LogP contribution in [-0.4, -0.2) is 19.5 Å². The summed E-state index contributed by atoms with van der Waals surface area (Å²) in [7, 11) is 0. The van der Waals surface area contributed by atoms with Crippen molar-refractivity contribution in [3.63, 3.8) is 0 Å². The zero-order valence-electron chi connectivity index (χ0n) is 11.5. The fourth-order valence-corrected chi connectivity index (χ4v) is 3.67. The molecule has 0 fully saturated rings. The minimum atomic E-state index is 0.956. The number of aromatic nitrogens is 3. The largest absolute Gasteiger partial charge is 0.264 e. The van der Waals surface area contributed by atoms with Gasteiger partial charge in [-0.3, -0.25) is 4.98 Å². The molecule has 0 aliphatic carbocycles. The number of benzene rings is 1. The van der Waals surface area contributed by atoms with Gasteiger partial charge in [-0.05, 0) is 36.3 Å². The van der Waals surface area contributed by atoms with E-state index in [2.05, 4.69) is 44.1 Å². The quantitative estimate of drug-likeness (QED) is 0.502. The lowest BCUT2D eigenvalue weighted by Gasteiger charge is -2.02. The molecule has 0 atom stereocenters. The Balaban J connectivity index is 1.56. The van der Waals surface area contributed by atoms with E-state index in [0.29, 0.717) is 0 Å². The summed E-state index contributed by atoms with van der Waals surface area (Å²) >= 11 is 3.04. The third-order valence-corrected chi connectivity index (χ3v) is 4.78. The number of hydrogen-bond donors (Lipinski definition) is 0. The zero-order chi connectivity index (χ0) is 14.3. The van der Waals surface area contributed by atoms with E-state index < -0.39 is 0 Å². The van der Waals surface area contributed by atoms with Gasteiger partial charge in [-0.15, -0.1) is 11.8 Å². The van der Waals surface area contributed by atoms with Gasteiger partial charge < -0.3 is 0 Å². The van der Waals surface area contributed by atoms with Gasteiger partial charge in [-0.25, -0.2) is 0 Å². The van der Waals surface area contributed by atoms with Gasteiger partial charge in [-0.2, -0.15) is 8.75 Å². The van der Waals surface area contributed by atoms with Gasteiger partial charge in [-0.1, -0.05) is 30.3 Å². The van der Waals surface area contributed by atoms with Gasteiger partial charge in [0.15, 0.2) is 0 Å². The molecule has 0 saturated heterocycles. The van der Waals surface area contributed by atoms with Gasteiger partial charge in [0, 0.05) is 18.0 Å². The Kier molecular flexibility index (Phi) is 4.97. The molecule has 0 aliphatic rings. The summed E-state index contributed by atoms with van der Waals surface area (Å²) in [6, 6.07) is 14.5. The number of thioether (sulfide) groups is 1. The van der Waals surface area contributed by atoms with Crippen molar-refractivity contribution in [2.45, 2.75) is 17.9 Å². The van der Waals surface area contributed by atoms with Gasteiger partial charge in [0.2, 0.25) is 0 Å². The first-order valence-corrected chi connectivity index (χ1v) is 8.55. The highest BCUT2D eigenvalue weighted by Gasteiger charge is 2.10. The van der Waals surface area contributed by atoms with Crippen molar-refractivity contribution in [1.29, 1.82) is 0 Å². The lowest BCUT2D eigenvalue weighted by molar-refractivity contribution is 0.932. The van der Waals surface area contributed by atoms with E-state index in [0.717, 1.165) is 34.9 Å². The maximum atomic E-state index is 4.40. The molecular formula is C16H15N3S2. The van der Waals surface area contributed by atoms with Crippen LogP contribution in [0.5, 0.6) is 0 Å². The summed E-state index contributed by atoms with van der Waals surface area (Å²) in [4.78, 5) is 4.15. The minimum absolute atomic E-state index is 0.956. The standard InChI is InChI=1S/C16H15N3S2/c1-2-6-13(7-3-1)8-5-11-20-16-15(18-21-19-16)14-9-4-10-17-12-14/h1-4,6-7,9-10,12H,5,8,11H2.